The van der Waals surface area contributed by atoms with E-state index in [9.17, 15) is 14.3 Å². The van der Waals surface area contributed by atoms with Crippen molar-refractivity contribution in [1.82, 2.24) is 15.3 Å². The van der Waals surface area contributed by atoms with Crippen molar-refractivity contribution in [2.75, 3.05) is 11.9 Å². The molecule has 0 fully saturated rings. The molecule has 3 aromatic rings. The maximum absolute atomic E-state index is 14.2. The summed E-state index contributed by atoms with van der Waals surface area (Å²) in [6.45, 7) is 1.69. The van der Waals surface area contributed by atoms with Crippen molar-refractivity contribution in [3.63, 3.8) is 0 Å². The van der Waals surface area contributed by atoms with Crippen LogP contribution in [-0.2, 0) is 0 Å². The second kappa shape index (κ2) is 9.30. The summed E-state index contributed by atoms with van der Waals surface area (Å²) in [5, 5.41) is 15.5. The Labute approximate surface area is 180 Å². The summed E-state index contributed by atoms with van der Waals surface area (Å²) in [5.41, 5.74) is 2.01. The standard InChI is InChI=1S/C20H17BrClFN4O2/c1-11(28)8-26-20(29)14-9-24-5-4-17(14)27-19-7-18(25-10-15(19)21)13-6-12(22)2-3-16(13)23/h2-7,9-11,28H,8H2,1H3,(H,26,29)(H,24,25,27). The Kier molecular flexibility index (Phi) is 6.79. The molecule has 0 radical (unpaired) electrons. The zero-order valence-electron chi connectivity index (χ0n) is 15.3. The van der Waals surface area contributed by atoms with E-state index in [1.54, 1.807) is 25.3 Å². The molecule has 2 aromatic heterocycles. The van der Waals surface area contributed by atoms with Gasteiger partial charge in [-0.2, -0.15) is 0 Å². The Hall–Kier alpha value is -2.55. The van der Waals surface area contributed by atoms with Crippen LogP contribution >= 0.6 is 27.5 Å². The van der Waals surface area contributed by atoms with Gasteiger partial charge in [-0.15, -0.1) is 0 Å². The highest BCUT2D eigenvalue weighted by Gasteiger charge is 2.15. The highest BCUT2D eigenvalue weighted by Crippen LogP contribution is 2.32. The van der Waals surface area contributed by atoms with Crippen molar-refractivity contribution in [2.45, 2.75) is 13.0 Å². The number of hydrogen-bond acceptors (Lipinski definition) is 5. The topological polar surface area (TPSA) is 87.1 Å². The zero-order valence-corrected chi connectivity index (χ0v) is 17.6. The van der Waals surface area contributed by atoms with Gasteiger partial charge in [0.2, 0.25) is 0 Å². The van der Waals surface area contributed by atoms with Crippen molar-refractivity contribution in [3.05, 3.63) is 69.8 Å². The van der Waals surface area contributed by atoms with Crippen LogP contribution < -0.4 is 10.6 Å². The number of carbonyl (C=O) groups excluding carboxylic acids is 1. The fraction of sp³-hybridized carbons (Fsp3) is 0.150. The summed E-state index contributed by atoms with van der Waals surface area (Å²) in [6.07, 6.45) is 3.83. The van der Waals surface area contributed by atoms with E-state index in [0.717, 1.165) is 0 Å². The molecule has 0 aliphatic rings. The molecule has 1 atom stereocenters. The molecule has 3 rings (SSSR count). The van der Waals surface area contributed by atoms with Gasteiger partial charge in [0.25, 0.3) is 5.91 Å². The first-order valence-electron chi connectivity index (χ1n) is 8.63. The van der Waals surface area contributed by atoms with Crippen molar-refractivity contribution in [1.29, 1.82) is 0 Å². The van der Waals surface area contributed by atoms with E-state index in [-0.39, 0.29) is 18.0 Å². The lowest BCUT2D eigenvalue weighted by atomic mass is 10.1. The molecule has 29 heavy (non-hydrogen) atoms. The largest absolute Gasteiger partial charge is 0.392 e. The van der Waals surface area contributed by atoms with Crippen LogP contribution in [-0.4, -0.2) is 33.6 Å². The first kappa shape index (κ1) is 21.2. The number of nitrogens with zero attached hydrogens (tertiary/aromatic N) is 2. The fourth-order valence-corrected chi connectivity index (χ4v) is 3.03. The lowest BCUT2D eigenvalue weighted by Gasteiger charge is -2.14. The smallest absolute Gasteiger partial charge is 0.255 e. The highest BCUT2D eigenvalue weighted by molar-refractivity contribution is 9.10. The number of hydrogen-bond donors (Lipinski definition) is 3. The van der Waals surface area contributed by atoms with Gasteiger partial charge in [0, 0.05) is 35.7 Å². The van der Waals surface area contributed by atoms with Gasteiger partial charge in [0.15, 0.2) is 0 Å². The number of rotatable bonds is 6. The third kappa shape index (κ3) is 5.29. The molecule has 9 heteroatoms. The Bertz CT molecular complexity index is 1050. The van der Waals surface area contributed by atoms with Gasteiger partial charge in [0.1, 0.15) is 5.82 Å². The van der Waals surface area contributed by atoms with Crippen LogP contribution in [0.4, 0.5) is 15.8 Å². The summed E-state index contributed by atoms with van der Waals surface area (Å²) < 4.78 is 14.8. The minimum Gasteiger partial charge on any atom is -0.392 e. The van der Waals surface area contributed by atoms with Crippen LogP contribution in [0, 0.1) is 5.82 Å². The number of pyridine rings is 2. The van der Waals surface area contributed by atoms with E-state index < -0.39 is 11.9 Å². The summed E-state index contributed by atoms with van der Waals surface area (Å²) in [7, 11) is 0. The van der Waals surface area contributed by atoms with Crippen LogP contribution in [0.15, 0.2) is 53.4 Å². The number of anilines is 2. The second-order valence-electron chi connectivity index (χ2n) is 6.28. The average molecular weight is 480 g/mol. The second-order valence-corrected chi connectivity index (χ2v) is 7.57. The molecule has 0 aliphatic carbocycles. The van der Waals surface area contributed by atoms with Gasteiger partial charge in [-0.05, 0) is 53.2 Å². The van der Waals surface area contributed by atoms with E-state index in [1.165, 1.54) is 30.6 Å². The zero-order chi connectivity index (χ0) is 21.0. The normalized spacial score (nSPS) is 11.8. The van der Waals surface area contributed by atoms with Gasteiger partial charge in [-0.3, -0.25) is 14.8 Å². The predicted octanol–water partition coefficient (Wildman–Crippen LogP) is 4.55. The van der Waals surface area contributed by atoms with Gasteiger partial charge in [0.05, 0.1) is 33.2 Å². The molecule has 0 saturated carbocycles. The first-order chi connectivity index (χ1) is 13.8. The summed E-state index contributed by atoms with van der Waals surface area (Å²) >= 11 is 9.40. The SMILES string of the molecule is CC(O)CNC(=O)c1cnccc1Nc1cc(-c2cc(Cl)ccc2F)ncc1Br. The molecule has 0 aliphatic heterocycles. The number of aliphatic hydroxyl groups is 1. The summed E-state index contributed by atoms with van der Waals surface area (Å²) in [5.74, 6) is -0.829. The molecule has 150 valence electrons. The maximum atomic E-state index is 14.2. The van der Waals surface area contributed by atoms with Crippen molar-refractivity contribution < 1.29 is 14.3 Å². The van der Waals surface area contributed by atoms with Crippen LogP contribution in [0.1, 0.15) is 17.3 Å². The number of carbonyl (C=O) groups is 1. The van der Waals surface area contributed by atoms with Gasteiger partial charge >= 0.3 is 0 Å². The molecule has 0 spiro atoms. The maximum Gasteiger partial charge on any atom is 0.255 e. The Morgan fingerprint density at radius 2 is 2.07 bits per heavy atom. The van der Waals surface area contributed by atoms with E-state index in [0.29, 0.717) is 32.1 Å². The lowest BCUT2D eigenvalue weighted by Crippen LogP contribution is -2.31. The highest BCUT2D eigenvalue weighted by atomic mass is 79.9. The summed E-state index contributed by atoms with van der Waals surface area (Å²) in [6, 6.07) is 7.54. The van der Waals surface area contributed by atoms with Crippen molar-refractivity contribution >= 4 is 44.8 Å². The van der Waals surface area contributed by atoms with E-state index in [1.807, 2.05) is 0 Å². The van der Waals surface area contributed by atoms with Crippen molar-refractivity contribution in [2.24, 2.45) is 0 Å². The average Bonchev–Trinajstić information content (AvgIpc) is 2.70. The molecule has 0 bridgehead atoms. The summed E-state index contributed by atoms with van der Waals surface area (Å²) in [4.78, 5) is 20.7. The van der Waals surface area contributed by atoms with Crippen LogP contribution in [0.3, 0.4) is 0 Å². The third-order valence-corrected chi connectivity index (χ3v) is 4.82. The van der Waals surface area contributed by atoms with Crippen LogP contribution in [0.5, 0.6) is 0 Å². The molecule has 3 N–H and O–H groups in total. The quantitative estimate of drug-likeness (QED) is 0.483. The fourth-order valence-electron chi connectivity index (χ4n) is 2.54. The molecule has 0 saturated heterocycles. The van der Waals surface area contributed by atoms with E-state index >= 15 is 0 Å². The van der Waals surface area contributed by atoms with Gasteiger partial charge in [-0.1, -0.05) is 11.6 Å². The molecular formula is C20H17BrClFN4O2. The minimum absolute atomic E-state index is 0.115. The van der Waals surface area contributed by atoms with Crippen LogP contribution in [0.25, 0.3) is 11.3 Å². The first-order valence-corrected chi connectivity index (χ1v) is 9.80. The number of aromatic nitrogens is 2. The lowest BCUT2D eigenvalue weighted by molar-refractivity contribution is 0.0924. The molecule has 6 nitrogen and oxygen atoms in total. The Balaban J connectivity index is 1.93. The monoisotopic (exact) mass is 478 g/mol. The van der Waals surface area contributed by atoms with E-state index in [4.69, 9.17) is 11.6 Å². The number of nitrogens with one attached hydrogen (secondary N) is 2. The molecule has 1 aromatic carbocycles. The molecular weight excluding hydrogens is 463 g/mol. The predicted molar refractivity (Wildman–Crippen MR) is 114 cm³/mol. The number of halogens is 3. The minimum atomic E-state index is -0.670. The number of benzene rings is 1. The third-order valence-electron chi connectivity index (χ3n) is 3.95. The number of aliphatic hydroxyl groups excluding tert-OH is 1. The van der Waals surface area contributed by atoms with Gasteiger partial charge in [-0.25, -0.2) is 4.39 Å². The molecule has 1 unspecified atom stereocenters. The van der Waals surface area contributed by atoms with Crippen molar-refractivity contribution in [3.8, 4) is 11.3 Å². The van der Waals surface area contributed by atoms with Crippen LogP contribution in [0.2, 0.25) is 5.02 Å². The van der Waals surface area contributed by atoms with Gasteiger partial charge < -0.3 is 15.7 Å². The molecule has 1 amide bonds. The Morgan fingerprint density at radius 1 is 1.28 bits per heavy atom. The number of amides is 1. The molecule has 2 heterocycles. The Morgan fingerprint density at radius 3 is 2.83 bits per heavy atom. The van der Waals surface area contributed by atoms with E-state index in [2.05, 4.69) is 36.5 Å².